The lowest BCUT2D eigenvalue weighted by molar-refractivity contribution is -0.128. The van der Waals surface area contributed by atoms with E-state index in [0.717, 1.165) is 27.5 Å². The molecule has 0 spiro atoms. The highest BCUT2D eigenvalue weighted by atomic mass is 35.5. The lowest BCUT2D eigenvalue weighted by atomic mass is 10.0. The summed E-state index contributed by atoms with van der Waals surface area (Å²) in [6, 6.07) is 21.8. The molecule has 190 valence electrons. The second-order valence-corrected chi connectivity index (χ2v) is 10.4. The quantitative estimate of drug-likeness (QED) is 0.287. The second kappa shape index (κ2) is 12.1. The molecule has 0 saturated carbocycles. The summed E-state index contributed by atoms with van der Waals surface area (Å²) in [5.41, 5.74) is 7.67. The Labute approximate surface area is 225 Å². The van der Waals surface area contributed by atoms with E-state index < -0.39 is 24.0 Å². The maximum Gasteiger partial charge on any atom is 0.250 e. The lowest BCUT2D eigenvalue weighted by Gasteiger charge is -2.31. The fourth-order valence-electron chi connectivity index (χ4n) is 4.19. The van der Waals surface area contributed by atoms with Crippen molar-refractivity contribution in [2.24, 2.45) is 5.73 Å². The first-order valence-electron chi connectivity index (χ1n) is 12.0. The Bertz CT molecular complexity index is 1370. The van der Waals surface area contributed by atoms with E-state index in [9.17, 15) is 14.4 Å². The molecule has 1 aromatic heterocycles. The number of aldehydes is 1. The van der Waals surface area contributed by atoms with Gasteiger partial charge in [-0.25, -0.2) is 0 Å². The molecule has 0 aliphatic heterocycles. The molecule has 6 nitrogen and oxygen atoms in total. The van der Waals surface area contributed by atoms with Crippen LogP contribution in [0.3, 0.4) is 0 Å². The van der Waals surface area contributed by atoms with Gasteiger partial charge in [-0.15, -0.1) is 11.3 Å². The zero-order valence-electron chi connectivity index (χ0n) is 20.3. The van der Waals surface area contributed by atoms with Crippen LogP contribution in [0.25, 0.3) is 10.8 Å². The summed E-state index contributed by atoms with van der Waals surface area (Å²) in [5, 5.41) is 7.34. The van der Waals surface area contributed by atoms with Crippen LogP contribution >= 0.6 is 22.9 Å². The number of carbonyl (C=O) groups is 3. The van der Waals surface area contributed by atoms with Crippen LogP contribution in [0, 0.1) is 0 Å². The number of thiophene rings is 1. The van der Waals surface area contributed by atoms with Crippen LogP contribution in [0.15, 0.2) is 84.2 Å². The van der Waals surface area contributed by atoms with E-state index in [1.54, 1.807) is 19.1 Å². The molecule has 8 heteroatoms. The van der Waals surface area contributed by atoms with Crippen LogP contribution in [0.4, 0.5) is 5.69 Å². The van der Waals surface area contributed by atoms with Crippen LogP contribution in [0.1, 0.15) is 17.4 Å². The molecule has 4 aromatic rings. The first-order valence-corrected chi connectivity index (χ1v) is 13.2. The van der Waals surface area contributed by atoms with Gasteiger partial charge in [0.05, 0.1) is 12.1 Å². The van der Waals surface area contributed by atoms with Crippen molar-refractivity contribution < 1.29 is 14.4 Å². The number of fused-ring (bicyclic) bond motifs is 1. The van der Waals surface area contributed by atoms with Crippen molar-refractivity contribution >= 4 is 57.5 Å². The molecule has 37 heavy (non-hydrogen) atoms. The average molecular weight is 534 g/mol. The van der Waals surface area contributed by atoms with E-state index in [1.165, 1.54) is 16.2 Å². The number of nitrogens with two attached hydrogens (primary N) is 1. The Kier molecular flexibility index (Phi) is 8.71. The molecular formula is C29H28ClN3O3S. The van der Waals surface area contributed by atoms with E-state index in [0.29, 0.717) is 17.1 Å². The maximum atomic E-state index is 14.0. The fraction of sp³-hybridized carbons (Fsp3) is 0.207. The Morgan fingerprint density at radius 1 is 1.00 bits per heavy atom. The monoisotopic (exact) mass is 533 g/mol. The maximum absolute atomic E-state index is 14.0. The molecule has 3 aromatic carbocycles. The molecule has 0 saturated heterocycles. The Balaban J connectivity index is 1.61. The molecule has 0 radical (unpaired) electrons. The molecular weight excluding hydrogens is 506 g/mol. The third-order valence-corrected chi connectivity index (χ3v) is 7.31. The zero-order valence-corrected chi connectivity index (χ0v) is 21.9. The van der Waals surface area contributed by atoms with E-state index in [4.69, 9.17) is 17.3 Å². The van der Waals surface area contributed by atoms with Crippen molar-refractivity contribution in [3.63, 3.8) is 0 Å². The first-order chi connectivity index (χ1) is 17.9. The zero-order chi connectivity index (χ0) is 26.4. The molecule has 4 rings (SSSR count). The van der Waals surface area contributed by atoms with Gasteiger partial charge in [-0.2, -0.15) is 0 Å². The van der Waals surface area contributed by atoms with Gasteiger partial charge in [0.25, 0.3) is 5.91 Å². The van der Waals surface area contributed by atoms with Gasteiger partial charge in [-0.05, 0) is 65.4 Å². The number of anilines is 1. The van der Waals surface area contributed by atoms with Crippen LogP contribution in [-0.4, -0.2) is 36.2 Å². The summed E-state index contributed by atoms with van der Waals surface area (Å²) < 4.78 is 0. The number of hydrogen-bond donors (Lipinski definition) is 2. The number of carbonyl (C=O) groups excluding carboxylic acids is 3. The number of benzene rings is 3. The van der Waals surface area contributed by atoms with Crippen molar-refractivity contribution in [1.29, 1.82) is 0 Å². The number of amides is 2. The third-order valence-electron chi connectivity index (χ3n) is 6.16. The number of nitrogens with zero attached hydrogens (tertiary/aromatic N) is 1. The summed E-state index contributed by atoms with van der Waals surface area (Å²) in [6.07, 6.45) is 1.30. The minimum atomic E-state index is -0.906. The molecule has 0 aliphatic rings. The van der Waals surface area contributed by atoms with Crippen molar-refractivity contribution in [2.45, 2.75) is 37.9 Å². The van der Waals surface area contributed by atoms with Gasteiger partial charge in [0.1, 0.15) is 12.3 Å². The summed E-state index contributed by atoms with van der Waals surface area (Å²) in [7, 11) is 0. The number of halogens is 1. The van der Waals surface area contributed by atoms with Gasteiger partial charge in [-0.3, -0.25) is 9.59 Å². The summed E-state index contributed by atoms with van der Waals surface area (Å²) in [5.74, 6) is -0.822. The first kappa shape index (κ1) is 26.5. The van der Waals surface area contributed by atoms with E-state index >= 15 is 0 Å². The number of nitrogens with one attached hydrogen (secondary N) is 1. The standard InChI is InChI=1S/C29H28ClN3O3S/c1-19(18-34)33(24-13-10-21-5-2-3-6-22(21)16-24)29(36)27(17-25-7-4-14-37-25)32-28(35)26(31)15-20-8-11-23(30)12-9-20/h2-14,16,18-19,26-27H,15,17,31H2,1H3,(H,32,35)/t19-,26-,27-/m0/s1. The fourth-order valence-corrected chi connectivity index (χ4v) is 5.07. The molecule has 1 heterocycles. The van der Waals surface area contributed by atoms with E-state index in [2.05, 4.69) is 5.32 Å². The largest absolute Gasteiger partial charge is 0.343 e. The molecule has 3 atom stereocenters. The Hall–Kier alpha value is -3.52. The predicted molar refractivity (Wildman–Crippen MR) is 150 cm³/mol. The Morgan fingerprint density at radius 2 is 1.73 bits per heavy atom. The molecule has 0 bridgehead atoms. The topological polar surface area (TPSA) is 92.5 Å². The molecule has 0 fully saturated rings. The smallest absolute Gasteiger partial charge is 0.250 e. The lowest BCUT2D eigenvalue weighted by Crippen LogP contribution is -2.56. The predicted octanol–water partition coefficient (Wildman–Crippen LogP) is 4.77. The summed E-state index contributed by atoms with van der Waals surface area (Å²) in [6.45, 7) is 1.66. The van der Waals surface area contributed by atoms with Gasteiger partial charge in [0, 0.05) is 22.0 Å². The molecule has 2 amide bonds. The minimum Gasteiger partial charge on any atom is -0.343 e. The second-order valence-electron chi connectivity index (χ2n) is 8.90. The van der Waals surface area contributed by atoms with Gasteiger partial charge in [0.15, 0.2) is 0 Å². The van der Waals surface area contributed by atoms with Crippen LogP contribution in [-0.2, 0) is 27.2 Å². The summed E-state index contributed by atoms with van der Waals surface area (Å²) in [4.78, 5) is 41.3. The molecule has 3 N–H and O–H groups in total. The number of hydrogen-bond acceptors (Lipinski definition) is 5. The average Bonchev–Trinajstić information content (AvgIpc) is 3.42. The van der Waals surface area contributed by atoms with Crippen LogP contribution in [0.2, 0.25) is 5.02 Å². The number of rotatable bonds is 10. The van der Waals surface area contributed by atoms with Crippen LogP contribution in [0.5, 0.6) is 0 Å². The van der Waals surface area contributed by atoms with Gasteiger partial charge in [0.2, 0.25) is 5.91 Å². The third kappa shape index (κ3) is 6.63. The van der Waals surface area contributed by atoms with Gasteiger partial charge < -0.3 is 20.7 Å². The summed E-state index contributed by atoms with van der Waals surface area (Å²) >= 11 is 7.45. The van der Waals surface area contributed by atoms with E-state index in [1.807, 2.05) is 72.1 Å². The molecule has 0 unspecified atom stereocenters. The van der Waals surface area contributed by atoms with Gasteiger partial charge >= 0.3 is 0 Å². The minimum absolute atomic E-state index is 0.283. The highest BCUT2D eigenvalue weighted by Gasteiger charge is 2.32. The highest BCUT2D eigenvalue weighted by molar-refractivity contribution is 7.09. The van der Waals surface area contributed by atoms with Crippen molar-refractivity contribution in [3.8, 4) is 0 Å². The van der Waals surface area contributed by atoms with Gasteiger partial charge in [-0.1, -0.05) is 60.1 Å². The van der Waals surface area contributed by atoms with Crippen molar-refractivity contribution in [3.05, 3.63) is 99.7 Å². The highest BCUT2D eigenvalue weighted by Crippen LogP contribution is 2.25. The SMILES string of the molecule is C[C@@H](C=O)N(C(=O)[C@H](Cc1cccs1)NC(=O)[C@@H](N)Cc1ccc(Cl)cc1)c1ccc2ccccc2c1. The van der Waals surface area contributed by atoms with E-state index in [-0.39, 0.29) is 12.3 Å². The molecule has 0 aliphatic carbocycles. The van der Waals surface area contributed by atoms with Crippen molar-refractivity contribution in [2.75, 3.05) is 4.90 Å². The Morgan fingerprint density at radius 3 is 2.41 bits per heavy atom. The van der Waals surface area contributed by atoms with Crippen molar-refractivity contribution in [1.82, 2.24) is 5.32 Å². The normalized spacial score (nSPS) is 13.5. The van der Waals surface area contributed by atoms with Crippen LogP contribution < -0.4 is 16.0 Å².